The Morgan fingerprint density at radius 1 is 0.361 bits per heavy atom. The van der Waals surface area contributed by atoms with Gasteiger partial charge in [-0.1, -0.05) is 55.1 Å². The van der Waals surface area contributed by atoms with E-state index in [1.165, 1.54) is 25.4 Å². The number of aryl methyl sites for hydroxylation is 3. The fraction of sp³-hybridized carbons (Fsp3) is 0.193. The van der Waals surface area contributed by atoms with Crippen LogP contribution < -0.4 is 5.46 Å². The van der Waals surface area contributed by atoms with Gasteiger partial charge >= 0.3 is 37.0 Å². The number of fused-ring (bicyclic) bond motifs is 5. The first-order chi connectivity index (χ1) is 71.2. The van der Waals surface area contributed by atoms with E-state index in [-0.39, 0.29) is 91.6 Å². The quantitative estimate of drug-likeness (QED) is 0.0105. The number of imidazole rings is 5. The molecule has 0 saturated carbocycles. The van der Waals surface area contributed by atoms with E-state index in [4.69, 9.17) is 29.0 Å². The third kappa shape index (κ3) is 29.7. The highest BCUT2D eigenvalue weighted by atomic mass is 79.9. The first kappa shape index (κ1) is 110. The van der Waals surface area contributed by atoms with Crippen LogP contribution in [-0.4, -0.2) is 202 Å². The van der Waals surface area contributed by atoms with Crippen LogP contribution in [-0.2, 0) is 38.1 Å². The highest BCUT2D eigenvalue weighted by Crippen LogP contribution is 2.33. The minimum atomic E-state index is -1.38. The van der Waals surface area contributed by atoms with Crippen LogP contribution in [0.15, 0.2) is 317 Å². The molecule has 18 aromatic heterocycles. The summed E-state index contributed by atoms with van der Waals surface area (Å²) >= 11 is 3.32. The summed E-state index contributed by atoms with van der Waals surface area (Å²) in [5.41, 5.74) is 15.0. The summed E-state index contributed by atoms with van der Waals surface area (Å²) in [6.07, 6.45) is 32.2. The van der Waals surface area contributed by atoms with Gasteiger partial charge < -0.3 is 33.7 Å². The topological polar surface area (TPSA) is 464 Å². The predicted molar refractivity (Wildman–Crippen MR) is 552 cm³/mol. The van der Waals surface area contributed by atoms with Crippen LogP contribution in [0.2, 0.25) is 0 Å². The van der Waals surface area contributed by atoms with E-state index in [0.717, 1.165) is 50.3 Å². The largest absolute Gasteiger partial charge is 0.488 e. The molecule has 18 heterocycles. The molecular weight excluding hydrogens is 1940 g/mol. The van der Waals surface area contributed by atoms with Crippen molar-refractivity contribution in [2.45, 2.75) is 101 Å². The number of nitrogens with zero attached hydrogens (tertiary/aromatic N) is 18. The van der Waals surface area contributed by atoms with Crippen LogP contribution in [0.4, 0.5) is 0 Å². The maximum absolute atomic E-state index is 13.7. The molecule has 0 spiro atoms. The number of allylic oxidation sites excluding steroid dienone is 1. The van der Waals surface area contributed by atoms with Crippen molar-refractivity contribution in [1.82, 2.24) is 86.8 Å². The standard InChI is InChI=1S/C26H24N4O4.C23H20N4O2.C17H15N3O3.C15H13N3O2.C10H9BrN2O2.C9H9NO.C5H6BNO2.C4H8O2/c1-3-34-26(33)19(9-10-20(31)22-17(2)7-6-13-28-22)25(32)23-24(18-11-14-27-15-12-18)30-16-5-4-8-21(30)29-23;1-16-6-5-12-25-21(16)18(28)7-4-8-19(29)22-23(17-10-13-24-14-11-17)27-15-3-2-9-20(27)26-22;1-2-23-15(22)11-13(21)16-17(12-6-8-18-9-7-12)20-10-4-3-5-14(20)19-16;1-2-20-15(19)13-14(11-6-8-16-9-7-11)18-10-4-3-5-12(18)17-13;1-2-15-10(14)8-9(11)13-6-4-3-5-7(13)12-8;1-3-8(11)9-7(2)5-4-6-10-9;8-6(9)5-1-3-7-4-2-5;1-3-6-4(2)5/h4-8,11-16,19H,3,9-10H2,1-2H3;2-3,5-6,9-15H,4,7-8H2,1H3;3-10H,2,11H2,1H3;3-10H,2H2,1H3;3-6H,2H2,1H3;3-6H,1H2,2H3;1-4,8-9H;3H2,1-2H3. The number of hydrogen-bond acceptors (Lipinski definition) is 31. The smallest absolute Gasteiger partial charge is 0.466 e. The summed E-state index contributed by atoms with van der Waals surface area (Å²) in [6, 6.07) is 56.4. The molecule has 0 fully saturated rings. The summed E-state index contributed by atoms with van der Waals surface area (Å²) in [4.78, 5) is 187. The number of ketones is 6. The van der Waals surface area contributed by atoms with E-state index in [1.807, 2.05) is 179 Å². The Kier molecular flexibility index (Phi) is 41.5. The molecule has 147 heavy (non-hydrogen) atoms. The normalized spacial score (nSPS) is 10.6. The zero-order valence-electron chi connectivity index (χ0n) is 81.9. The van der Waals surface area contributed by atoms with E-state index < -0.39 is 42.7 Å². The molecule has 0 bridgehead atoms. The van der Waals surface area contributed by atoms with Crippen LogP contribution >= 0.6 is 15.9 Å². The van der Waals surface area contributed by atoms with Crippen molar-refractivity contribution >= 4 is 121 Å². The minimum absolute atomic E-state index is 0.00380. The molecule has 1 unspecified atom stereocenters. The van der Waals surface area contributed by atoms with Gasteiger partial charge in [0.2, 0.25) is 5.78 Å². The van der Waals surface area contributed by atoms with Gasteiger partial charge in [0.25, 0.3) is 0 Å². The van der Waals surface area contributed by atoms with E-state index >= 15 is 0 Å². The lowest BCUT2D eigenvalue weighted by atomic mass is 9.81. The lowest BCUT2D eigenvalue weighted by Crippen LogP contribution is -2.29. The summed E-state index contributed by atoms with van der Waals surface area (Å²) < 4.78 is 34.2. The molecule has 2 N–H and O–H groups in total. The van der Waals surface area contributed by atoms with Crippen molar-refractivity contribution < 1.29 is 86.5 Å². The molecule has 0 aromatic carbocycles. The maximum Gasteiger partial charge on any atom is 0.488 e. The first-order valence-corrected chi connectivity index (χ1v) is 47.3. The molecule has 1 atom stereocenters. The summed E-state index contributed by atoms with van der Waals surface area (Å²) in [7, 11) is -1.38. The number of hydrogen-bond donors (Lipinski definition) is 2. The number of ether oxygens (including phenoxy) is 5. The van der Waals surface area contributed by atoms with Gasteiger partial charge in [-0.25, -0.2) is 34.5 Å². The van der Waals surface area contributed by atoms with Crippen molar-refractivity contribution in [3.63, 3.8) is 0 Å². The molecule has 0 amide bonds. The van der Waals surface area contributed by atoms with Crippen LogP contribution in [0.25, 0.3) is 73.3 Å². The Balaban J connectivity index is 0.000000167. The number of aromatic nitrogens is 18. The fourth-order valence-electron chi connectivity index (χ4n) is 14.7. The molecule has 0 aliphatic heterocycles. The van der Waals surface area contributed by atoms with Gasteiger partial charge in [-0.3, -0.25) is 105 Å². The van der Waals surface area contributed by atoms with Crippen LogP contribution in [0.5, 0.6) is 0 Å². The Morgan fingerprint density at radius 3 is 1.05 bits per heavy atom. The summed E-state index contributed by atoms with van der Waals surface area (Å²) in [6.45, 7) is 20.5. The molecule has 0 aliphatic rings. The van der Waals surface area contributed by atoms with Crippen molar-refractivity contribution in [3.8, 4) is 45.0 Å². The van der Waals surface area contributed by atoms with Crippen LogP contribution in [0.1, 0.15) is 181 Å². The molecule has 0 radical (unpaired) electrons. The summed E-state index contributed by atoms with van der Waals surface area (Å²) in [5.74, 6) is -4.74. The van der Waals surface area contributed by atoms with Crippen LogP contribution in [0, 0.1) is 26.7 Å². The second-order valence-corrected chi connectivity index (χ2v) is 32.2. The molecule has 36 nitrogen and oxygen atoms in total. The Bertz CT molecular complexity index is 7600. The second kappa shape index (κ2) is 55.6. The van der Waals surface area contributed by atoms with Gasteiger partial charge in [0.1, 0.15) is 79.3 Å². The van der Waals surface area contributed by atoms with Crippen molar-refractivity contribution in [2.75, 3.05) is 33.0 Å². The highest BCUT2D eigenvalue weighted by molar-refractivity contribution is 9.10. The van der Waals surface area contributed by atoms with Gasteiger partial charge in [-0.05, 0) is 252 Å². The van der Waals surface area contributed by atoms with Gasteiger partial charge in [0.15, 0.2) is 40.3 Å². The number of carbonyl (C=O) groups is 11. The van der Waals surface area contributed by atoms with E-state index in [9.17, 15) is 52.7 Å². The van der Waals surface area contributed by atoms with Crippen molar-refractivity contribution in [1.29, 1.82) is 0 Å². The lowest BCUT2D eigenvalue weighted by molar-refractivity contribution is -0.146. The minimum Gasteiger partial charge on any atom is -0.466 e. The number of halogens is 1. The van der Waals surface area contributed by atoms with Crippen LogP contribution in [0.3, 0.4) is 0 Å². The summed E-state index contributed by atoms with van der Waals surface area (Å²) in [5, 5.41) is 17.1. The van der Waals surface area contributed by atoms with E-state index in [0.29, 0.717) is 110 Å². The average Bonchev–Trinajstić information content (AvgIpc) is 1.63. The molecule has 18 aromatic rings. The van der Waals surface area contributed by atoms with E-state index in [2.05, 4.69) is 92.0 Å². The molecule has 38 heteroatoms. The van der Waals surface area contributed by atoms with Crippen molar-refractivity contribution in [2.24, 2.45) is 5.92 Å². The van der Waals surface area contributed by atoms with Gasteiger partial charge in [0.05, 0.1) is 55.8 Å². The monoisotopic (exact) mass is 2040 g/mol. The van der Waals surface area contributed by atoms with Gasteiger partial charge in [0, 0.05) is 160 Å². The van der Waals surface area contributed by atoms with Gasteiger partial charge in [-0.2, -0.15) is 0 Å². The predicted octanol–water partition coefficient (Wildman–Crippen LogP) is 16.9. The van der Waals surface area contributed by atoms with E-state index in [1.54, 1.807) is 185 Å². The number of esters is 5. The van der Waals surface area contributed by atoms with Crippen molar-refractivity contribution in [3.05, 3.63) is 379 Å². The molecule has 748 valence electrons. The zero-order chi connectivity index (χ0) is 105. The molecular formula is C109H104BBrN18O18. The number of rotatable bonds is 30. The Hall–Kier alpha value is -17.8. The molecule has 0 saturated heterocycles. The third-order valence-electron chi connectivity index (χ3n) is 21.4. The first-order valence-electron chi connectivity index (χ1n) is 46.5. The second-order valence-electron chi connectivity index (χ2n) is 31.4. The number of pyridine rings is 13. The number of Topliss-reactive ketones (excluding diaryl/α,β-unsaturated/α-hetero) is 5. The Morgan fingerprint density at radius 2 is 0.687 bits per heavy atom. The fourth-order valence-corrected chi connectivity index (χ4v) is 15.2. The average molecular weight is 2040 g/mol. The zero-order valence-corrected chi connectivity index (χ0v) is 83.4. The Labute approximate surface area is 853 Å². The highest BCUT2D eigenvalue weighted by Gasteiger charge is 2.35. The number of carbonyl (C=O) groups excluding carboxylic acids is 11. The third-order valence-corrected chi connectivity index (χ3v) is 22.2. The maximum atomic E-state index is 13.7. The SMILES string of the molecule is C=CC(=O)c1ncccc1C.CCOC(=O)C(CCC(=O)c1ncccc1C)C(=O)c1nc2ccccn2c1-c1ccncc1.CCOC(=O)CC(=O)c1nc2ccccn2c1-c1ccncc1.CCOC(=O)c1nc2ccccn2c1-c1ccncc1.CCOC(=O)c1nc2ccccn2c1Br.CCOC(C)=O.Cc1cccnc1C(=O)CCCC(=O)c1nc2ccccn2c1-c1ccncc1.OB(O)c1ccncc1. The van der Waals surface area contributed by atoms with Gasteiger partial charge in [-0.15, -0.1) is 0 Å². The molecule has 18 rings (SSSR count). The molecule has 0 aliphatic carbocycles. The lowest BCUT2D eigenvalue weighted by Gasteiger charge is -2.14.